The maximum absolute atomic E-state index is 14.1. The van der Waals surface area contributed by atoms with Crippen molar-refractivity contribution in [1.29, 1.82) is 0 Å². The summed E-state index contributed by atoms with van der Waals surface area (Å²) in [7, 11) is 3.73. The van der Waals surface area contributed by atoms with E-state index >= 15 is 0 Å². The molecule has 5 rings (SSSR count). The topological polar surface area (TPSA) is 53.9 Å². The van der Waals surface area contributed by atoms with Crippen molar-refractivity contribution in [3.05, 3.63) is 139 Å². The second-order valence-electron chi connectivity index (χ2n) is 8.93. The minimum Gasteiger partial charge on any atom is -0.285 e. The fourth-order valence-corrected chi connectivity index (χ4v) is 5.10. The van der Waals surface area contributed by atoms with Crippen molar-refractivity contribution < 1.29 is 0 Å². The quantitative estimate of drug-likeness (QED) is 0.338. The number of aromatic nitrogens is 4. The minimum absolute atomic E-state index is 0.157. The molecule has 0 saturated heterocycles. The van der Waals surface area contributed by atoms with Crippen LogP contribution in [0.4, 0.5) is 0 Å². The maximum Gasteiger partial charge on any atom is 0.275 e. The molecule has 0 atom stereocenters. The molecule has 0 aliphatic carbocycles. The predicted octanol–water partition coefficient (Wildman–Crippen LogP) is 5.12. The van der Waals surface area contributed by atoms with Crippen molar-refractivity contribution in [2.75, 3.05) is 0 Å². The highest BCUT2D eigenvalue weighted by Gasteiger charge is 2.32. The Morgan fingerprint density at radius 1 is 0.611 bits per heavy atom. The number of hydrogen-bond donors (Lipinski definition) is 0. The van der Waals surface area contributed by atoms with Crippen LogP contribution >= 0.6 is 11.6 Å². The summed E-state index contributed by atoms with van der Waals surface area (Å²) >= 11 is 6.21. The molecule has 6 nitrogen and oxygen atoms in total. The Bertz CT molecular complexity index is 1550. The van der Waals surface area contributed by atoms with Gasteiger partial charge in [-0.15, -0.1) is 0 Å². The average molecular weight is 499 g/mol. The zero-order valence-corrected chi connectivity index (χ0v) is 21.4. The maximum atomic E-state index is 14.1. The lowest BCUT2D eigenvalue weighted by Gasteiger charge is -2.16. The molecule has 7 heteroatoms. The van der Waals surface area contributed by atoms with Gasteiger partial charge in [-0.1, -0.05) is 60.1 Å². The molecule has 3 aromatic carbocycles. The minimum atomic E-state index is -0.574. The smallest absolute Gasteiger partial charge is 0.275 e. The molecule has 0 N–H and O–H groups in total. The molecule has 0 aliphatic rings. The molecule has 0 saturated carbocycles. The van der Waals surface area contributed by atoms with Gasteiger partial charge in [0.2, 0.25) is 0 Å². The molecule has 0 unspecified atom stereocenters. The van der Waals surface area contributed by atoms with Crippen LogP contribution in [0.5, 0.6) is 0 Å². The number of nitrogens with zero attached hydrogens (tertiary/aromatic N) is 4. The van der Waals surface area contributed by atoms with E-state index in [1.807, 2.05) is 110 Å². The Morgan fingerprint density at radius 2 is 1.00 bits per heavy atom. The molecule has 182 valence electrons. The summed E-state index contributed by atoms with van der Waals surface area (Å²) < 4.78 is 7.01. The van der Waals surface area contributed by atoms with E-state index in [4.69, 9.17) is 11.6 Å². The van der Waals surface area contributed by atoms with Gasteiger partial charge >= 0.3 is 0 Å². The molecule has 0 fully saturated rings. The van der Waals surface area contributed by atoms with Crippen LogP contribution < -0.4 is 11.1 Å². The first-order valence-corrected chi connectivity index (χ1v) is 12.1. The van der Waals surface area contributed by atoms with Crippen molar-refractivity contribution in [1.82, 2.24) is 18.7 Å². The van der Waals surface area contributed by atoms with Crippen LogP contribution in [0.15, 0.2) is 94.5 Å². The van der Waals surface area contributed by atoms with Crippen LogP contribution in [0.3, 0.4) is 0 Å². The first-order chi connectivity index (χ1) is 17.3. The van der Waals surface area contributed by atoms with Gasteiger partial charge in [0.1, 0.15) is 0 Å². The standard InChI is InChI=1S/C29H27ClN4O2/c1-19-25(28(35)33(31(19)3)23-11-7-5-8-12-23)27(21-15-17-22(30)18-16-21)26-20(2)32(4)34(29(26)36)24-13-9-6-10-14-24/h5-18,27H,1-4H3. The van der Waals surface area contributed by atoms with E-state index in [0.717, 1.165) is 28.3 Å². The zero-order chi connectivity index (χ0) is 25.6. The van der Waals surface area contributed by atoms with Gasteiger partial charge in [0.05, 0.1) is 22.5 Å². The number of halogens is 1. The fraction of sp³-hybridized carbons (Fsp3) is 0.172. The highest BCUT2D eigenvalue weighted by atomic mass is 35.5. The van der Waals surface area contributed by atoms with Gasteiger partial charge in [0.15, 0.2) is 0 Å². The van der Waals surface area contributed by atoms with Crippen LogP contribution in [0, 0.1) is 13.8 Å². The van der Waals surface area contributed by atoms with Gasteiger partial charge in [0, 0.05) is 36.4 Å². The van der Waals surface area contributed by atoms with Crippen molar-refractivity contribution in [3.8, 4) is 11.4 Å². The molecular weight excluding hydrogens is 472 g/mol. The van der Waals surface area contributed by atoms with Crippen LogP contribution in [-0.4, -0.2) is 18.7 Å². The van der Waals surface area contributed by atoms with Crippen molar-refractivity contribution >= 4 is 11.6 Å². The molecule has 0 bridgehead atoms. The number of benzene rings is 3. The third kappa shape index (κ3) is 3.74. The molecule has 0 aliphatic heterocycles. The summed E-state index contributed by atoms with van der Waals surface area (Å²) in [6.07, 6.45) is 0. The summed E-state index contributed by atoms with van der Waals surface area (Å²) in [5.74, 6) is -0.574. The monoisotopic (exact) mass is 498 g/mol. The molecule has 2 heterocycles. The second-order valence-corrected chi connectivity index (χ2v) is 9.37. The number of hydrogen-bond acceptors (Lipinski definition) is 2. The molecule has 2 aromatic heterocycles. The Kier molecular flexibility index (Phi) is 6.06. The van der Waals surface area contributed by atoms with Gasteiger partial charge < -0.3 is 0 Å². The number of rotatable bonds is 5. The van der Waals surface area contributed by atoms with Crippen molar-refractivity contribution in [2.45, 2.75) is 19.8 Å². The third-order valence-corrected chi connectivity index (χ3v) is 7.23. The van der Waals surface area contributed by atoms with Gasteiger partial charge in [-0.2, -0.15) is 0 Å². The van der Waals surface area contributed by atoms with Gasteiger partial charge in [-0.25, -0.2) is 9.36 Å². The molecule has 5 aromatic rings. The number of para-hydroxylation sites is 2. The predicted molar refractivity (Wildman–Crippen MR) is 144 cm³/mol. The lowest BCUT2D eigenvalue weighted by Crippen LogP contribution is -2.26. The van der Waals surface area contributed by atoms with E-state index in [2.05, 4.69) is 0 Å². The van der Waals surface area contributed by atoms with Crippen LogP contribution in [0.1, 0.15) is 34.0 Å². The van der Waals surface area contributed by atoms with Gasteiger partial charge in [0.25, 0.3) is 11.1 Å². The van der Waals surface area contributed by atoms with Crippen molar-refractivity contribution in [2.24, 2.45) is 14.1 Å². The summed E-state index contributed by atoms with van der Waals surface area (Å²) in [5, 5.41) is 0.593. The van der Waals surface area contributed by atoms with Crippen LogP contribution in [0.2, 0.25) is 5.02 Å². The Hall–Kier alpha value is -4.03. The van der Waals surface area contributed by atoms with Crippen LogP contribution in [0.25, 0.3) is 11.4 Å². The molecular formula is C29H27ClN4O2. The van der Waals surface area contributed by atoms with Gasteiger partial charge in [-0.3, -0.25) is 19.0 Å². The largest absolute Gasteiger partial charge is 0.285 e. The summed E-state index contributed by atoms with van der Waals surface area (Å²) in [6.45, 7) is 3.85. The highest BCUT2D eigenvalue weighted by Crippen LogP contribution is 2.34. The highest BCUT2D eigenvalue weighted by molar-refractivity contribution is 6.30. The summed E-state index contributed by atoms with van der Waals surface area (Å²) in [5.41, 5.74) is 4.75. The zero-order valence-electron chi connectivity index (χ0n) is 20.6. The average Bonchev–Trinajstić information content (AvgIpc) is 3.24. The lowest BCUT2D eigenvalue weighted by atomic mass is 9.85. The Balaban J connectivity index is 1.84. The molecule has 0 spiro atoms. The second kappa shape index (κ2) is 9.21. The Morgan fingerprint density at radius 3 is 1.39 bits per heavy atom. The van der Waals surface area contributed by atoms with Crippen LogP contribution in [-0.2, 0) is 14.1 Å². The SMILES string of the molecule is Cc1c(C(c2ccc(Cl)cc2)c2c(C)n(C)n(-c3ccccc3)c2=O)c(=O)n(-c2ccccc2)n1C. The summed E-state index contributed by atoms with van der Waals surface area (Å²) in [4.78, 5) is 28.1. The first kappa shape index (κ1) is 23.7. The van der Waals surface area contributed by atoms with E-state index in [0.29, 0.717) is 16.1 Å². The molecule has 0 radical (unpaired) electrons. The van der Waals surface area contributed by atoms with E-state index in [1.54, 1.807) is 21.5 Å². The van der Waals surface area contributed by atoms with Crippen molar-refractivity contribution in [3.63, 3.8) is 0 Å². The van der Waals surface area contributed by atoms with Gasteiger partial charge in [-0.05, 0) is 55.8 Å². The van der Waals surface area contributed by atoms with E-state index in [9.17, 15) is 9.59 Å². The van der Waals surface area contributed by atoms with E-state index < -0.39 is 5.92 Å². The molecule has 36 heavy (non-hydrogen) atoms. The normalized spacial score (nSPS) is 11.4. The lowest BCUT2D eigenvalue weighted by molar-refractivity contribution is 0.630. The molecule has 0 amide bonds. The Labute approximate surface area is 214 Å². The first-order valence-electron chi connectivity index (χ1n) is 11.7. The summed E-state index contributed by atoms with van der Waals surface area (Å²) in [6, 6.07) is 26.4. The van der Waals surface area contributed by atoms with E-state index in [-0.39, 0.29) is 11.1 Å². The van der Waals surface area contributed by atoms with E-state index in [1.165, 1.54) is 0 Å². The third-order valence-electron chi connectivity index (χ3n) is 6.98. The fourth-order valence-electron chi connectivity index (χ4n) is 4.98.